The Morgan fingerprint density at radius 2 is 2.05 bits per heavy atom. The standard InChI is InChI=1S/C15H23FN2O2/c1-3-11(2)14(17)15(19)18-9-4-10-20-13-7-5-12(16)6-8-13/h5-8,11,14H,3-4,9-10,17H2,1-2H3,(H,18,19). The first-order valence-corrected chi connectivity index (χ1v) is 6.96. The molecule has 0 saturated carbocycles. The minimum atomic E-state index is -0.460. The maximum absolute atomic E-state index is 12.7. The van der Waals surface area contributed by atoms with Crippen LogP contribution >= 0.6 is 0 Å². The summed E-state index contributed by atoms with van der Waals surface area (Å²) in [5.74, 6) is 0.379. The number of benzene rings is 1. The second-order valence-electron chi connectivity index (χ2n) is 4.86. The Labute approximate surface area is 119 Å². The summed E-state index contributed by atoms with van der Waals surface area (Å²) in [4.78, 5) is 11.7. The molecule has 4 nitrogen and oxygen atoms in total. The SMILES string of the molecule is CCC(C)C(N)C(=O)NCCCOc1ccc(F)cc1. The van der Waals surface area contributed by atoms with Gasteiger partial charge in [-0.2, -0.15) is 0 Å². The monoisotopic (exact) mass is 282 g/mol. The summed E-state index contributed by atoms with van der Waals surface area (Å²) in [6.07, 6.45) is 1.55. The van der Waals surface area contributed by atoms with E-state index in [4.69, 9.17) is 10.5 Å². The zero-order valence-corrected chi connectivity index (χ0v) is 12.1. The minimum Gasteiger partial charge on any atom is -0.494 e. The molecule has 1 aromatic rings. The molecule has 2 unspecified atom stereocenters. The molecule has 1 aromatic carbocycles. The highest BCUT2D eigenvalue weighted by Crippen LogP contribution is 2.11. The average Bonchev–Trinajstić information content (AvgIpc) is 2.47. The topological polar surface area (TPSA) is 64.4 Å². The molecular formula is C15H23FN2O2. The summed E-state index contributed by atoms with van der Waals surface area (Å²) < 4.78 is 18.1. The minimum absolute atomic E-state index is 0.124. The van der Waals surface area contributed by atoms with Gasteiger partial charge in [-0.05, 0) is 36.6 Å². The molecule has 3 N–H and O–H groups in total. The van der Waals surface area contributed by atoms with Gasteiger partial charge in [-0.3, -0.25) is 4.79 Å². The Morgan fingerprint density at radius 3 is 2.65 bits per heavy atom. The lowest BCUT2D eigenvalue weighted by Crippen LogP contribution is -2.45. The van der Waals surface area contributed by atoms with Gasteiger partial charge in [0.25, 0.3) is 0 Å². The van der Waals surface area contributed by atoms with Crippen molar-refractivity contribution in [1.29, 1.82) is 0 Å². The molecule has 0 fully saturated rings. The molecule has 0 aliphatic carbocycles. The van der Waals surface area contributed by atoms with Crippen molar-refractivity contribution in [2.24, 2.45) is 11.7 Å². The van der Waals surface area contributed by atoms with Crippen LogP contribution in [0.15, 0.2) is 24.3 Å². The van der Waals surface area contributed by atoms with Gasteiger partial charge in [0.2, 0.25) is 5.91 Å². The van der Waals surface area contributed by atoms with Crippen LogP contribution in [0, 0.1) is 11.7 Å². The summed E-state index contributed by atoms with van der Waals surface area (Å²) in [6.45, 7) is 4.95. The molecule has 0 heterocycles. The fourth-order valence-electron chi connectivity index (χ4n) is 1.63. The first-order valence-electron chi connectivity index (χ1n) is 6.96. The maximum atomic E-state index is 12.7. The first kappa shape index (κ1) is 16.4. The summed E-state index contributed by atoms with van der Waals surface area (Å²) in [7, 11) is 0. The van der Waals surface area contributed by atoms with Gasteiger partial charge in [0.15, 0.2) is 0 Å². The van der Waals surface area contributed by atoms with E-state index < -0.39 is 6.04 Å². The van der Waals surface area contributed by atoms with Crippen molar-refractivity contribution in [3.8, 4) is 5.75 Å². The number of carbonyl (C=O) groups is 1. The van der Waals surface area contributed by atoms with Crippen LogP contribution in [0.3, 0.4) is 0 Å². The third kappa shape index (κ3) is 5.57. The Kier molecular flexibility index (Phi) is 7.01. The first-order chi connectivity index (χ1) is 9.54. The van der Waals surface area contributed by atoms with Gasteiger partial charge >= 0.3 is 0 Å². The second-order valence-corrected chi connectivity index (χ2v) is 4.86. The van der Waals surface area contributed by atoms with E-state index in [1.165, 1.54) is 12.1 Å². The molecule has 1 amide bonds. The highest BCUT2D eigenvalue weighted by molar-refractivity contribution is 5.81. The van der Waals surface area contributed by atoms with Gasteiger partial charge in [0, 0.05) is 6.54 Å². The lowest BCUT2D eigenvalue weighted by molar-refractivity contribution is -0.123. The van der Waals surface area contributed by atoms with E-state index >= 15 is 0 Å². The van der Waals surface area contributed by atoms with Crippen molar-refractivity contribution in [3.05, 3.63) is 30.1 Å². The van der Waals surface area contributed by atoms with E-state index in [0.717, 1.165) is 6.42 Å². The number of rotatable bonds is 8. The van der Waals surface area contributed by atoms with Crippen molar-refractivity contribution in [2.45, 2.75) is 32.7 Å². The second kappa shape index (κ2) is 8.53. The summed E-state index contributed by atoms with van der Waals surface area (Å²) in [5, 5.41) is 2.79. The third-order valence-corrected chi connectivity index (χ3v) is 3.26. The fourth-order valence-corrected chi connectivity index (χ4v) is 1.63. The zero-order valence-electron chi connectivity index (χ0n) is 12.1. The molecule has 0 aliphatic heterocycles. The molecule has 112 valence electrons. The highest BCUT2D eigenvalue weighted by atomic mass is 19.1. The van der Waals surface area contributed by atoms with Crippen LogP contribution in [0.1, 0.15) is 26.7 Å². The van der Waals surface area contributed by atoms with E-state index in [9.17, 15) is 9.18 Å². The van der Waals surface area contributed by atoms with Crippen LogP contribution in [0.25, 0.3) is 0 Å². The van der Waals surface area contributed by atoms with Crippen molar-refractivity contribution in [1.82, 2.24) is 5.32 Å². The molecule has 0 spiro atoms. The van der Waals surface area contributed by atoms with Gasteiger partial charge in [-0.25, -0.2) is 4.39 Å². The van der Waals surface area contributed by atoms with Crippen molar-refractivity contribution < 1.29 is 13.9 Å². The molecule has 0 saturated heterocycles. The maximum Gasteiger partial charge on any atom is 0.237 e. The Balaban J connectivity index is 2.16. The fraction of sp³-hybridized carbons (Fsp3) is 0.533. The molecule has 5 heteroatoms. The molecule has 2 atom stereocenters. The smallest absolute Gasteiger partial charge is 0.237 e. The van der Waals surface area contributed by atoms with Crippen molar-refractivity contribution >= 4 is 5.91 Å². The van der Waals surface area contributed by atoms with Crippen LogP contribution in [-0.4, -0.2) is 25.1 Å². The largest absolute Gasteiger partial charge is 0.494 e. The molecule has 0 bridgehead atoms. The van der Waals surface area contributed by atoms with Crippen molar-refractivity contribution in [2.75, 3.05) is 13.2 Å². The Bertz CT molecular complexity index is 409. The van der Waals surface area contributed by atoms with Gasteiger partial charge < -0.3 is 15.8 Å². The van der Waals surface area contributed by atoms with Crippen LogP contribution in [0.5, 0.6) is 5.75 Å². The van der Waals surface area contributed by atoms with Crippen LogP contribution in [0.4, 0.5) is 4.39 Å². The van der Waals surface area contributed by atoms with Crippen molar-refractivity contribution in [3.63, 3.8) is 0 Å². The van der Waals surface area contributed by atoms with Crippen LogP contribution in [-0.2, 0) is 4.79 Å². The zero-order chi connectivity index (χ0) is 15.0. The van der Waals surface area contributed by atoms with Gasteiger partial charge in [0.05, 0.1) is 12.6 Å². The average molecular weight is 282 g/mol. The van der Waals surface area contributed by atoms with E-state index in [2.05, 4.69) is 5.32 Å². The molecule has 0 aliphatic rings. The molecule has 20 heavy (non-hydrogen) atoms. The van der Waals surface area contributed by atoms with Crippen LogP contribution in [0.2, 0.25) is 0 Å². The number of amides is 1. The number of ether oxygens (including phenoxy) is 1. The van der Waals surface area contributed by atoms with E-state index in [1.807, 2.05) is 13.8 Å². The van der Waals surface area contributed by atoms with E-state index in [-0.39, 0.29) is 17.6 Å². The summed E-state index contributed by atoms with van der Waals surface area (Å²) in [6, 6.07) is 5.39. The predicted octanol–water partition coefficient (Wildman–Crippen LogP) is 2.08. The van der Waals surface area contributed by atoms with E-state index in [1.54, 1.807) is 12.1 Å². The van der Waals surface area contributed by atoms with Gasteiger partial charge in [0.1, 0.15) is 11.6 Å². The van der Waals surface area contributed by atoms with Gasteiger partial charge in [-0.15, -0.1) is 0 Å². The number of nitrogens with two attached hydrogens (primary N) is 1. The lowest BCUT2D eigenvalue weighted by Gasteiger charge is -2.17. The molecule has 0 aromatic heterocycles. The summed E-state index contributed by atoms with van der Waals surface area (Å²) >= 11 is 0. The van der Waals surface area contributed by atoms with Gasteiger partial charge in [-0.1, -0.05) is 20.3 Å². The highest BCUT2D eigenvalue weighted by Gasteiger charge is 2.18. The van der Waals surface area contributed by atoms with E-state index in [0.29, 0.717) is 25.3 Å². The molecular weight excluding hydrogens is 259 g/mol. The number of nitrogens with one attached hydrogen (secondary N) is 1. The summed E-state index contributed by atoms with van der Waals surface area (Å²) in [5.41, 5.74) is 5.81. The normalized spacial score (nSPS) is 13.6. The number of halogens is 1. The Hall–Kier alpha value is -1.62. The molecule has 0 radical (unpaired) electrons. The number of hydrogen-bond donors (Lipinski definition) is 2. The third-order valence-electron chi connectivity index (χ3n) is 3.26. The number of hydrogen-bond acceptors (Lipinski definition) is 3. The predicted molar refractivity (Wildman–Crippen MR) is 77.0 cm³/mol. The molecule has 1 rings (SSSR count). The quantitative estimate of drug-likeness (QED) is 0.718. The lowest BCUT2D eigenvalue weighted by atomic mass is 9.99. The van der Waals surface area contributed by atoms with Crippen LogP contribution < -0.4 is 15.8 Å². The number of carbonyl (C=O) groups excluding carboxylic acids is 1. The Morgan fingerprint density at radius 1 is 1.40 bits per heavy atom.